The van der Waals surface area contributed by atoms with Gasteiger partial charge >= 0.3 is 5.97 Å². The molecule has 0 radical (unpaired) electrons. The first-order valence-corrected chi connectivity index (χ1v) is 7.63. The van der Waals surface area contributed by atoms with Crippen molar-refractivity contribution < 1.29 is 18.3 Å². The molecule has 1 unspecified atom stereocenters. The third kappa shape index (κ3) is 3.47. The Kier molecular flexibility index (Phi) is 4.59. The lowest BCUT2D eigenvalue weighted by molar-refractivity contribution is -0.136. The first-order valence-electron chi connectivity index (χ1n) is 5.09. The second kappa shape index (κ2) is 5.55. The predicted octanol–water partition coefficient (Wildman–Crippen LogP) is 2.05. The van der Waals surface area contributed by atoms with Crippen LogP contribution in [-0.4, -0.2) is 30.5 Å². The van der Waals surface area contributed by atoms with Crippen molar-refractivity contribution >= 4 is 27.6 Å². The molecule has 6 heteroatoms. The maximum absolute atomic E-state index is 11.8. The number of rotatable bonds is 5. The topological polar surface area (TPSA) is 71.4 Å². The molecule has 0 aliphatic carbocycles. The Hall–Kier alpha value is -1.01. The van der Waals surface area contributed by atoms with Crippen molar-refractivity contribution in [1.29, 1.82) is 0 Å². The van der Waals surface area contributed by atoms with Gasteiger partial charge in [0.1, 0.15) is 5.25 Å². The quantitative estimate of drug-likeness (QED) is 0.832. The molecule has 0 bridgehead atoms. The molecular formula is C11H14O4S2. The van der Waals surface area contributed by atoms with Gasteiger partial charge in [-0.05, 0) is 19.1 Å². The van der Waals surface area contributed by atoms with Crippen molar-refractivity contribution in [2.45, 2.75) is 28.9 Å². The number of hydrogen-bond acceptors (Lipinski definition) is 4. The van der Waals surface area contributed by atoms with E-state index in [1.54, 1.807) is 25.1 Å². The van der Waals surface area contributed by atoms with Crippen LogP contribution in [0.5, 0.6) is 0 Å². The molecule has 0 aromatic heterocycles. The zero-order valence-electron chi connectivity index (χ0n) is 9.58. The molecule has 0 saturated heterocycles. The van der Waals surface area contributed by atoms with Gasteiger partial charge < -0.3 is 5.11 Å². The van der Waals surface area contributed by atoms with Gasteiger partial charge in [-0.15, -0.1) is 11.8 Å². The highest BCUT2D eigenvalue weighted by molar-refractivity contribution is 8.01. The van der Waals surface area contributed by atoms with Gasteiger partial charge in [-0.1, -0.05) is 19.1 Å². The molecule has 0 saturated carbocycles. The van der Waals surface area contributed by atoms with Crippen LogP contribution in [0.25, 0.3) is 0 Å². The van der Waals surface area contributed by atoms with Crippen LogP contribution < -0.4 is 0 Å². The summed E-state index contributed by atoms with van der Waals surface area (Å²) in [5.74, 6) is -0.954. The Bertz CT molecular complexity index is 508. The summed E-state index contributed by atoms with van der Waals surface area (Å²) in [7, 11) is -3.31. The minimum atomic E-state index is -3.31. The van der Waals surface area contributed by atoms with E-state index < -0.39 is 21.1 Å². The third-order valence-electron chi connectivity index (χ3n) is 2.22. The SMILES string of the molecule is CCS(=O)(=O)c1ccccc1SC(C)C(=O)O. The van der Waals surface area contributed by atoms with Crippen molar-refractivity contribution in [3.05, 3.63) is 24.3 Å². The number of hydrogen-bond donors (Lipinski definition) is 1. The average molecular weight is 274 g/mol. The van der Waals surface area contributed by atoms with Crippen molar-refractivity contribution in [3.8, 4) is 0 Å². The summed E-state index contributed by atoms with van der Waals surface area (Å²) < 4.78 is 23.6. The lowest BCUT2D eigenvalue weighted by Crippen LogP contribution is -2.12. The molecule has 1 aromatic rings. The van der Waals surface area contributed by atoms with Gasteiger partial charge in [-0.25, -0.2) is 8.42 Å². The molecule has 17 heavy (non-hydrogen) atoms. The molecule has 0 fully saturated rings. The average Bonchev–Trinajstić information content (AvgIpc) is 2.29. The number of carbonyl (C=O) groups is 1. The summed E-state index contributed by atoms with van der Waals surface area (Å²) in [6.07, 6.45) is 0. The fraction of sp³-hybridized carbons (Fsp3) is 0.364. The van der Waals surface area contributed by atoms with Crippen LogP contribution in [0, 0.1) is 0 Å². The van der Waals surface area contributed by atoms with Crippen molar-refractivity contribution in [3.63, 3.8) is 0 Å². The summed E-state index contributed by atoms with van der Waals surface area (Å²) >= 11 is 1.04. The highest BCUT2D eigenvalue weighted by atomic mass is 32.2. The Morgan fingerprint density at radius 2 is 2.00 bits per heavy atom. The first kappa shape index (κ1) is 14.1. The molecule has 0 aliphatic heterocycles. The fourth-order valence-corrected chi connectivity index (χ4v) is 3.52. The maximum Gasteiger partial charge on any atom is 0.316 e. The minimum Gasteiger partial charge on any atom is -0.480 e. The van der Waals surface area contributed by atoms with E-state index in [-0.39, 0.29) is 10.6 Å². The molecular weight excluding hydrogens is 260 g/mol. The van der Waals surface area contributed by atoms with E-state index in [0.29, 0.717) is 4.90 Å². The van der Waals surface area contributed by atoms with Gasteiger partial charge in [0, 0.05) is 4.90 Å². The van der Waals surface area contributed by atoms with Crippen LogP contribution in [0.3, 0.4) is 0 Å². The Morgan fingerprint density at radius 3 is 2.53 bits per heavy atom. The lowest BCUT2D eigenvalue weighted by Gasteiger charge is -2.10. The zero-order chi connectivity index (χ0) is 13.1. The Labute approximate surface area is 105 Å². The molecule has 1 rings (SSSR count). The first-order chi connectivity index (χ1) is 7.88. The predicted molar refractivity (Wildman–Crippen MR) is 67.1 cm³/mol. The summed E-state index contributed by atoms with van der Waals surface area (Å²) in [6, 6.07) is 6.48. The van der Waals surface area contributed by atoms with Crippen LogP contribution in [0.15, 0.2) is 34.1 Å². The second-order valence-electron chi connectivity index (χ2n) is 3.45. The highest BCUT2D eigenvalue weighted by Crippen LogP contribution is 2.30. The molecule has 1 N–H and O–H groups in total. The van der Waals surface area contributed by atoms with E-state index >= 15 is 0 Å². The number of benzene rings is 1. The summed E-state index contributed by atoms with van der Waals surface area (Å²) in [5.41, 5.74) is 0. The normalized spacial score (nSPS) is 13.3. The van der Waals surface area contributed by atoms with E-state index in [2.05, 4.69) is 0 Å². The number of aliphatic carboxylic acids is 1. The summed E-state index contributed by atoms with van der Waals surface area (Å²) in [4.78, 5) is 11.5. The molecule has 0 amide bonds. The van der Waals surface area contributed by atoms with Crippen LogP contribution in [0.2, 0.25) is 0 Å². The molecule has 0 spiro atoms. The smallest absolute Gasteiger partial charge is 0.316 e. The fourth-order valence-electron chi connectivity index (χ4n) is 1.20. The monoisotopic (exact) mass is 274 g/mol. The van der Waals surface area contributed by atoms with E-state index in [1.165, 1.54) is 13.0 Å². The van der Waals surface area contributed by atoms with Gasteiger partial charge in [0.05, 0.1) is 10.6 Å². The lowest BCUT2D eigenvalue weighted by atomic mass is 10.4. The van der Waals surface area contributed by atoms with Crippen LogP contribution in [0.4, 0.5) is 0 Å². The van der Waals surface area contributed by atoms with Gasteiger partial charge in [-0.2, -0.15) is 0 Å². The number of thioether (sulfide) groups is 1. The second-order valence-corrected chi connectivity index (χ2v) is 7.08. The molecule has 4 nitrogen and oxygen atoms in total. The van der Waals surface area contributed by atoms with Gasteiger partial charge in [-0.3, -0.25) is 4.79 Å². The van der Waals surface area contributed by atoms with Gasteiger partial charge in [0.25, 0.3) is 0 Å². The van der Waals surface area contributed by atoms with Crippen molar-refractivity contribution in [1.82, 2.24) is 0 Å². The zero-order valence-corrected chi connectivity index (χ0v) is 11.2. The van der Waals surface area contributed by atoms with E-state index in [0.717, 1.165) is 11.8 Å². The standard InChI is InChI=1S/C11H14O4S2/c1-3-17(14,15)10-7-5-4-6-9(10)16-8(2)11(12)13/h4-8H,3H2,1-2H3,(H,12,13). The van der Waals surface area contributed by atoms with Crippen molar-refractivity contribution in [2.24, 2.45) is 0 Å². The highest BCUT2D eigenvalue weighted by Gasteiger charge is 2.20. The van der Waals surface area contributed by atoms with Crippen LogP contribution in [0.1, 0.15) is 13.8 Å². The van der Waals surface area contributed by atoms with E-state index in [4.69, 9.17) is 5.11 Å². The maximum atomic E-state index is 11.8. The molecule has 0 heterocycles. The third-order valence-corrected chi connectivity index (χ3v) is 5.30. The summed E-state index contributed by atoms with van der Waals surface area (Å²) in [6.45, 7) is 3.10. The number of carboxylic acid groups (broad SMARTS) is 1. The summed E-state index contributed by atoms with van der Waals surface area (Å²) in [5, 5.41) is 8.15. The molecule has 0 aliphatic rings. The van der Waals surface area contributed by atoms with Crippen LogP contribution in [-0.2, 0) is 14.6 Å². The molecule has 1 aromatic carbocycles. The minimum absolute atomic E-state index is 0.00598. The van der Waals surface area contributed by atoms with Gasteiger partial charge in [0.2, 0.25) is 0 Å². The molecule has 94 valence electrons. The largest absolute Gasteiger partial charge is 0.480 e. The van der Waals surface area contributed by atoms with Gasteiger partial charge in [0.15, 0.2) is 9.84 Å². The Balaban J connectivity index is 3.14. The van der Waals surface area contributed by atoms with Crippen LogP contribution >= 0.6 is 11.8 Å². The number of carboxylic acids is 1. The number of sulfone groups is 1. The van der Waals surface area contributed by atoms with Crippen molar-refractivity contribution in [2.75, 3.05) is 5.75 Å². The molecule has 1 atom stereocenters. The van der Waals surface area contributed by atoms with E-state index in [1.807, 2.05) is 0 Å². The van der Waals surface area contributed by atoms with E-state index in [9.17, 15) is 13.2 Å². The Morgan fingerprint density at radius 1 is 1.41 bits per heavy atom.